The van der Waals surface area contributed by atoms with Gasteiger partial charge in [-0.25, -0.2) is 4.79 Å². The maximum absolute atomic E-state index is 11.0. The Hall–Kier alpha value is -2.00. The van der Waals surface area contributed by atoms with E-state index in [-0.39, 0.29) is 11.0 Å². The molecule has 0 aliphatic heterocycles. The van der Waals surface area contributed by atoms with E-state index in [4.69, 9.17) is 16.7 Å². The molecule has 0 bridgehead atoms. The van der Waals surface area contributed by atoms with Gasteiger partial charge in [0.15, 0.2) is 0 Å². The number of anilines is 1. The zero-order chi connectivity index (χ0) is 15.5. The molecule has 21 heavy (non-hydrogen) atoms. The maximum atomic E-state index is 11.0. The van der Waals surface area contributed by atoms with Crippen LogP contribution in [0.3, 0.4) is 0 Å². The predicted molar refractivity (Wildman–Crippen MR) is 86.4 cm³/mol. The Labute approximate surface area is 129 Å². The monoisotopic (exact) mass is 303 g/mol. The Morgan fingerprint density at radius 2 is 1.86 bits per heavy atom. The first-order valence-electron chi connectivity index (χ1n) is 6.72. The van der Waals surface area contributed by atoms with Crippen molar-refractivity contribution in [3.05, 3.63) is 64.7 Å². The molecule has 110 valence electrons. The third-order valence-electron chi connectivity index (χ3n) is 3.49. The van der Waals surface area contributed by atoms with Crippen molar-refractivity contribution in [2.75, 3.05) is 11.9 Å². The molecule has 0 aromatic heterocycles. The van der Waals surface area contributed by atoms with Gasteiger partial charge in [0.25, 0.3) is 0 Å². The second kappa shape index (κ2) is 6.19. The molecule has 0 heterocycles. The fourth-order valence-corrected chi connectivity index (χ4v) is 2.29. The number of aromatic carboxylic acids is 1. The van der Waals surface area contributed by atoms with E-state index < -0.39 is 5.97 Å². The van der Waals surface area contributed by atoms with Crippen LogP contribution in [0, 0.1) is 0 Å². The van der Waals surface area contributed by atoms with E-state index in [2.05, 4.69) is 31.3 Å². The summed E-state index contributed by atoms with van der Waals surface area (Å²) in [6.07, 6.45) is 0. The second-order valence-electron chi connectivity index (χ2n) is 5.60. The van der Waals surface area contributed by atoms with Crippen LogP contribution >= 0.6 is 11.6 Å². The Morgan fingerprint density at radius 3 is 2.48 bits per heavy atom. The first kappa shape index (κ1) is 15.4. The molecular weight excluding hydrogens is 286 g/mol. The van der Waals surface area contributed by atoms with Crippen molar-refractivity contribution in [1.29, 1.82) is 0 Å². The third-order valence-corrected chi connectivity index (χ3v) is 3.82. The van der Waals surface area contributed by atoms with Crippen LogP contribution in [0.1, 0.15) is 29.8 Å². The molecule has 0 unspecified atom stereocenters. The quantitative estimate of drug-likeness (QED) is 0.859. The van der Waals surface area contributed by atoms with Crippen molar-refractivity contribution in [2.24, 2.45) is 0 Å². The summed E-state index contributed by atoms with van der Waals surface area (Å²) in [6.45, 7) is 4.91. The van der Waals surface area contributed by atoms with Gasteiger partial charge in [0.2, 0.25) is 0 Å². The molecule has 0 atom stereocenters. The first-order chi connectivity index (χ1) is 9.90. The van der Waals surface area contributed by atoms with Gasteiger partial charge in [-0.2, -0.15) is 0 Å². The van der Waals surface area contributed by atoms with Gasteiger partial charge in [0.1, 0.15) is 0 Å². The number of carboxylic acid groups (broad SMARTS) is 1. The minimum atomic E-state index is -0.961. The standard InChI is InChI=1S/C17H18ClNO2/c1-17(2,13-6-4-3-5-7-13)11-19-15-10-12(16(20)21)8-9-14(15)18/h3-10,19H,11H2,1-2H3,(H,20,21). The highest BCUT2D eigenvalue weighted by atomic mass is 35.5. The summed E-state index contributed by atoms with van der Waals surface area (Å²) in [5, 5.41) is 12.8. The highest BCUT2D eigenvalue weighted by molar-refractivity contribution is 6.33. The summed E-state index contributed by atoms with van der Waals surface area (Å²) >= 11 is 6.12. The lowest BCUT2D eigenvalue weighted by molar-refractivity contribution is 0.0697. The zero-order valence-electron chi connectivity index (χ0n) is 12.1. The van der Waals surface area contributed by atoms with Gasteiger partial charge in [0, 0.05) is 12.0 Å². The van der Waals surface area contributed by atoms with E-state index >= 15 is 0 Å². The molecular formula is C17H18ClNO2. The molecule has 0 spiro atoms. The van der Waals surface area contributed by atoms with Gasteiger partial charge in [0.05, 0.1) is 16.3 Å². The van der Waals surface area contributed by atoms with Crippen LogP contribution < -0.4 is 5.32 Å². The zero-order valence-corrected chi connectivity index (χ0v) is 12.8. The molecule has 0 fully saturated rings. The summed E-state index contributed by atoms with van der Waals surface area (Å²) in [5.41, 5.74) is 1.98. The van der Waals surface area contributed by atoms with E-state index in [1.165, 1.54) is 11.6 Å². The highest BCUT2D eigenvalue weighted by Gasteiger charge is 2.20. The molecule has 3 nitrogen and oxygen atoms in total. The Morgan fingerprint density at radius 1 is 1.19 bits per heavy atom. The molecule has 0 radical (unpaired) electrons. The smallest absolute Gasteiger partial charge is 0.335 e. The SMILES string of the molecule is CC(C)(CNc1cc(C(=O)O)ccc1Cl)c1ccccc1. The normalized spacial score (nSPS) is 11.2. The summed E-state index contributed by atoms with van der Waals surface area (Å²) in [7, 11) is 0. The summed E-state index contributed by atoms with van der Waals surface area (Å²) in [5.74, 6) is -0.961. The van der Waals surface area contributed by atoms with Gasteiger partial charge in [-0.15, -0.1) is 0 Å². The lowest BCUT2D eigenvalue weighted by atomic mass is 9.84. The van der Waals surface area contributed by atoms with Crippen LogP contribution in [-0.2, 0) is 5.41 Å². The van der Waals surface area contributed by atoms with Crippen LogP contribution in [-0.4, -0.2) is 17.6 Å². The minimum Gasteiger partial charge on any atom is -0.478 e. The van der Waals surface area contributed by atoms with Gasteiger partial charge in [-0.1, -0.05) is 55.8 Å². The molecule has 0 saturated heterocycles. The number of nitrogens with one attached hydrogen (secondary N) is 1. The Bertz CT molecular complexity index is 638. The lowest BCUT2D eigenvalue weighted by Gasteiger charge is -2.26. The molecule has 0 amide bonds. The molecule has 2 N–H and O–H groups in total. The first-order valence-corrected chi connectivity index (χ1v) is 7.10. The number of carboxylic acids is 1. The number of halogens is 1. The van der Waals surface area contributed by atoms with Gasteiger partial charge >= 0.3 is 5.97 Å². The number of rotatable bonds is 5. The summed E-state index contributed by atoms with van der Waals surface area (Å²) in [6, 6.07) is 14.8. The van der Waals surface area contributed by atoms with Crippen LogP contribution in [0.4, 0.5) is 5.69 Å². The van der Waals surface area contributed by atoms with Crippen molar-refractivity contribution >= 4 is 23.3 Å². The van der Waals surface area contributed by atoms with E-state index in [1.54, 1.807) is 12.1 Å². The van der Waals surface area contributed by atoms with Crippen LogP contribution in [0.25, 0.3) is 0 Å². The van der Waals surface area contributed by atoms with Crippen molar-refractivity contribution < 1.29 is 9.90 Å². The number of carbonyl (C=O) groups is 1. The van der Waals surface area contributed by atoms with Gasteiger partial charge in [-0.05, 0) is 23.8 Å². The largest absolute Gasteiger partial charge is 0.478 e. The molecule has 0 aliphatic rings. The number of hydrogen-bond donors (Lipinski definition) is 2. The van der Waals surface area contributed by atoms with Crippen molar-refractivity contribution in [2.45, 2.75) is 19.3 Å². The molecule has 2 rings (SSSR count). The number of hydrogen-bond acceptors (Lipinski definition) is 2. The topological polar surface area (TPSA) is 49.3 Å². The average Bonchev–Trinajstić information content (AvgIpc) is 2.47. The molecule has 2 aromatic rings. The predicted octanol–water partition coefficient (Wildman–Crippen LogP) is 4.43. The van der Waals surface area contributed by atoms with Crippen LogP contribution in [0.2, 0.25) is 5.02 Å². The highest BCUT2D eigenvalue weighted by Crippen LogP contribution is 2.27. The van der Waals surface area contributed by atoms with E-state index in [0.717, 1.165) is 0 Å². The Kier molecular flexibility index (Phi) is 4.53. The maximum Gasteiger partial charge on any atom is 0.335 e. The minimum absolute atomic E-state index is 0.0934. The molecule has 2 aromatic carbocycles. The Balaban J connectivity index is 2.16. The van der Waals surface area contributed by atoms with Crippen molar-refractivity contribution in [3.8, 4) is 0 Å². The molecule has 0 aliphatic carbocycles. The number of benzene rings is 2. The van der Waals surface area contributed by atoms with E-state index in [0.29, 0.717) is 17.3 Å². The second-order valence-corrected chi connectivity index (χ2v) is 6.01. The lowest BCUT2D eigenvalue weighted by Crippen LogP contribution is -2.27. The van der Waals surface area contributed by atoms with Crippen LogP contribution in [0.5, 0.6) is 0 Å². The summed E-state index contributed by atoms with van der Waals surface area (Å²) < 4.78 is 0. The fraction of sp³-hybridized carbons (Fsp3) is 0.235. The van der Waals surface area contributed by atoms with Gasteiger partial charge in [-0.3, -0.25) is 0 Å². The van der Waals surface area contributed by atoms with Crippen molar-refractivity contribution in [3.63, 3.8) is 0 Å². The van der Waals surface area contributed by atoms with E-state index in [9.17, 15) is 4.79 Å². The third kappa shape index (κ3) is 3.76. The average molecular weight is 304 g/mol. The fourth-order valence-electron chi connectivity index (χ4n) is 2.10. The van der Waals surface area contributed by atoms with Crippen molar-refractivity contribution in [1.82, 2.24) is 0 Å². The van der Waals surface area contributed by atoms with E-state index in [1.807, 2.05) is 18.2 Å². The summed E-state index contributed by atoms with van der Waals surface area (Å²) in [4.78, 5) is 11.0. The van der Waals surface area contributed by atoms with Gasteiger partial charge < -0.3 is 10.4 Å². The van der Waals surface area contributed by atoms with Crippen LogP contribution in [0.15, 0.2) is 48.5 Å². The molecule has 0 saturated carbocycles. The molecule has 4 heteroatoms.